The molecule has 0 saturated heterocycles. The van der Waals surface area contributed by atoms with E-state index in [1.54, 1.807) is 0 Å². The molecule has 34 heavy (non-hydrogen) atoms. The quantitative estimate of drug-likeness (QED) is 0.147. The van der Waals surface area contributed by atoms with Gasteiger partial charge in [-0.1, -0.05) is 18.6 Å². The summed E-state index contributed by atoms with van der Waals surface area (Å²) in [7, 11) is 0. The van der Waals surface area contributed by atoms with Crippen LogP contribution in [0.15, 0.2) is 36.4 Å². The zero-order chi connectivity index (χ0) is 24.1. The minimum Gasteiger partial charge on any atom is -0.324 e. The molecule has 3 heterocycles. The highest BCUT2D eigenvalue weighted by molar-refractivity contribution is 7.23. The fourth-order valence-corrected chi connectivity index (χ4v) is 6.83. The number of rotatable bonds is 12. The molecule has 3 aromatic heterocycles. The predicted octanol–water partition coefficient (Wildman–Crippen LogP) is 7.94. The summed E-state index contributed by atoms with van der Waals surface area (Å²) in [4.78, 5) is 7.22. The van der Waals surface area contributed by atoms with Crippen LogP contribution in [0.1, 0.15) is 56.9 Å². The molecule has 4 rings (SSSR count). The van der Waals surface area contributed by atoms with Crippen LogP contribution in [-0.2, 0) is 6.54 Å². The van der Waals surface area contributed by atoms with Crippen LogP contribution in [-0.4, -0.2) is 45.7 Å². The second-order valence-corrected chi connectivity index (χ2v) is 11.8. The molecule has 0 N–H and O–H groups in total. The van der Waals surface area contributed by atoms with Crippen molar-refractivity contribution in [3.05, 3.63) is 46.8 Å². The van der Waals surface area contributed by atoms with Crippen LogP contribution in [0.25, 0.3) is 31.2 Å². The SMILES string of the molecule is CC[N+](CC)(CC)CCCCCCn1nc2c(C)ccc(-c3ccc(-c4ccc(C)s4)s3)c2n1. The summed E-state index contributed by atoms with van der Waals surface area (Å²) in [6, 6.07) is 13.3. The number of thiophene rings is 2. The highest BCUT2D eigenvalue weighted by Crippen LogP contribution is 2.39. The Morgan fingerprint density at radius 1 is 0.706 bits per heavy atom. The van der Waals surface area contributed by atoms with Crippen molar-refractivity contribution in [3.63, 3.8) is 0 Å². The van der Waals surface area contributed by atoms with Crippen molar-refractivity contribution in [3.8, 4) is 20.2 Å². The number of aryl methyl sites for hydroxylation is 3. The van der Waals surface area contributed by atoms with E-state index in [-0.39, 0.29) is 0 Å². The first kappa shape index (κ1) is 25.1. The van der Waals surface area contributed by atoms with E-state index < -0.39 is 0 Å². The zero-order valence-corrected chi connectivity index (χ0v) is 23.1. The molecule has 4 nitrogen and oxygen atoms in total. The molecule has 0 amide bonds. The smallest absolute Gasteiger partial charge is 0.122 e. The number of nitrogens with zero attached hydrogens (tertiary/aromatic N) is 4. The van der Waals surface area contributed by atoms with E-state index in [1.165, 1.54) is 80.6 Å². The Labute approximate surface area is 212 Å². The molecule has 0 atom stereocenters. The third kappa shape index (κ3) is 5.45. The highest BCUT2D eigenvalue weighted by atomic mass is 32.1. The highest BCUT2D eigenvalue weighted by Gasteiger charge is 2.19. The third-order valence-electron chi connectivity index (χ3n) is 7.39. The van der Waals surface area contributed by atoms with Crippen LogP contribution in [0.2, 0.25) is 0 Å². The van der Waals surface area contributed by atoms with E-state index >= 15 is 0 Å². The van der Waals surface area contributed by atoms with Gasteiger partial charge in [-0.15, -0.1) is 22.7 Å². The van der Waals surface area contributed by atoms with Crippen molar-refractivity contribution in [2.75, 3.05) is 26.2 Å². The topological polar surface area (TPSA) is 30.7 Å². The van der Waals surface area contributed by atoms with Gasteiger partial charge in [0.05, 0.1) is 32.7 Å². The van der Waals surface area contributed by atoms with Crippen molar-refractivity contribution >= 4 is 33.7 Å². The standard InChI is InChI=1S/C28H39N4S2/c1-6-32(7-2,8-3)20-12-10-9-11-19-31-29-27-21(4)13-15-23(28(27)30-31)24-17-18-26(34-24)25-16-14-22(5)33-25/h13-18H,6-12,19-20H2,1-5H3/q+1. The molecule has 0 aliphatic carbocycles. The van der Waals surface area contributed by atoms with Gasteiger partial charge >= 0.3 is 0 Å². The predicted molar refractivity (Wildman–Crippen MR) is 149 cm³/mol. The number of fused-ring (bicyclic) bond motifs is 1. The lowest BCUT2D eigenvalue weighted by molar-refractivity contribution is -0.923. The Hall–Kier alpha value is -2.02. The van der Waals surface area contributed by atoms with Crippen molar-refractivity contribution in [2.24, 2.45) is 0 Å². The Morgan fingerprint density at radius 3 is 2.06 bits per heavy atom. The lowest BCUT2D eigenvalue weighted by Gasteiger charge is -2.35. The molecule has 0 radical (unpaired) electrons. The average molecular weight is 496 g/mol. The van der Waals surface area contributed by atoms with Crippen molar-refractivity contribution in [1.82, 2.24) is 15.0 Å². The summed E-state index contributed by atoms with van der Waals surface area (Å²) in [5.41, 5.74) is 4.47. The van der Waals surface area contributed by atoms with Crippen LogP contribution in [0.5, 0.6) is 0 Å². The molecule has 0 saturated carbocycles. The maximum Gasteiger partial charge on any atom is 0.122 e. The van der Waals surface area contributed by atoms with Gasteiger partial charge in [0.25, 0.3) is 0 Å². The van der Waals surface area contributed by atoms with E-state index in [4.69, 9.17) is 10.2 Å². The van der Waals surface area contributed by atoms with Gasteiger partial charge in [-0.25, -0.2) is 0 Å². The van der Waals surface area contributed by atoms with Gasteiger partial charge in [0.2, 0.25) is 0 Å². The van der Waals surface area contributed by atoms with Crippen molar-refractivity contribution in [2.45, 2.75) is 66.8 Å². The van der Waals surface area contributed by atoms with Crippen LogP contribution < -0.4 is 0 Å². The maximum absolute atomic E-state index is 4.94. The number of hydrogen-bond acceptors (Lipinski definition) is 4. The minimum atomic E-state index is 0.896. The lowest BCUT2D eigenvalue weighted by Crippen LogP contribution is -2.48. The number of hydrogen-bond donors (Lipinski definition) is 0. The Kier molecular flexibility index (Phi) is 8.22. The van der Waals surface area contributed by atoms with Gasteiger partial charge in [0.15, 0.2) is 0 Å². The van der Waals surface area contributed by atoms with Crippen molar-refractivity contribution in [1.29, 1.82) is 0 Å². The van der Waals surface area contributed by atoms with E-state index in [0.29, 0.717) is 0 Å². The van der Waals surface area contributed by atoms with Gasteiger partial charge in [0, 0.05) is 25.1 Å². The summed E-state index contributed by atoms with van der Waals surface area (Å²) < 4.78 is 1.25. The van der Waals surface area contributed by atoms with Gasteiger partial charge in [0.1, 0.15) is 11.0 Å². The molecule has 182 valence electrons. The summed E-state index contributed by atoms with van der Waals surface area (Å²) in [5.74, 6) is 0. The molecule has 0 fully saturated rings. The van der Waals surface area contributed by atoms with Gasteiger partial charge < -0.3 is 4.48 Å². The fraction of sp³-hybridized carbons (Fsp3) is 0.500. The molecule has 4 aromatic rings. The first-order valence-corrected chi connectivity index (χ1v) is 14.5. The maximum atomic E-state index is 4.94. The second-order valence-electron chi connectivity index (χ2n) is 9.43. The summed E-state index contributed by atoms with van der Waals surface area (Å²) in [6.07, 6.45) is 5.00. The van der Waals surface area contributed by atoms with E-state index in [1.807, 2.05) is 27.5 Å². The van der Waals surface area contributed by atoms with Gasteiger partial charge in [-0.05, 0) is 83.7 Å². The van der Waals surface area contributed by atoms with E-state index in [2.05, 4.69) is 71.0 Å². The van der Waals surface area contributed by atoms with E-state index in [9.17, 15) is 0 Å². The molecule has 0 spiro atoms. The average Bonchev–Trinajstić information content (AvgIpc) is 3.59. The minimum absolute atomic E-state index is 0.896. The third-order valence-corrected chi connectivity index (χ3v) is 9.71. The Bertz CT molecular complexity index is 1200. The number of quaternary nitrogens is 1. The molecular formula is C28H39N4S2+. The first-order valence-electron chi connectivity index (χ1n) is 12.8. The number of aromatic nitrogens is 3. The molecule has 0 aliphatic heterocycles. The summed E-state index contributed by atoms with van der Waals surface area (Å²) in [5, 5.41) is 9.82. The van der Waals surface area contributed by atoms with E-state index in [0.717, 1.165) is 24.0 Å². The molecular weight excluding hydrogens is 456 g/mol. The summed E-state index contributed by atoms with van der Waals surface area (Å²) in [6.45, 7) is 17.2. The van der Waals surface area contributed by atoms with Crippen LogP contribution >= 0.6 is 22.7 Å². The fourth-order valence-electron chi connectivity index (χ4n) is 4.84. The van der Waals surface area contributed by atoms with Crippen LogP contribution in [0.3, 0.4) is 0 Å². The van der Waals surface area contributed by atoms with Crippen LogP contribution in [0, 0.1) is 13.8 Å². The lowest BCUT2D eigenvalue weighted by atomic mass is 10.1. The number of benzene rings is 1. The molecule has 6 heteroatoms. The monoisotopic (exact) mass is 495 g/mol. The largest absolute Gasteiger partial charge is 0.324 e. The van der Waals surface area contributed by atoms with Crippen molar-refractivity contribution < 1.29 is 4.48 Å². The molecule has 1 aromatic carbocycles. The molecule has 0 bridgehead atoms. The Balaban J connectivity index is 1.41. The number of unbranched alkanes of at least 4 members (excludes halogenated alkanes) is 3. The second kappa shape index (κ2) is 11.1. The summed E-state index contributed by atoms with van der Waals surface area (Å²) >= 11 is 3.70. The molecule has 0 aliphatic rings. The molecule has 0 unspecified atom stereocenters. The van der Waals surface area contributed by atoms with Gasteiger partial charge in [-0.2, -0.15) is 15.0 Å². The Morgan fingerprint density at radius 2 is 1.35 bits per heavy atom. The van der Waals surface area contributed by atoms with Gasteiger partial charge in [-0.3, -0.25) is 0 Å². The van der Waals surface area contributed by atoms with Crippen LogP contribution in [0.4, 0.5) is 0 Å². The zero-order valence-electron chi connectivity index (χ0n) is 21.4. The first-order chi connectivity index (χ1) is 16.5. The normalized spacial score (nSPS) is 12.1.